The smallest absolute Gasteiger partial charge is 0.338 e. The highest BCUT2D eigenvalue weighted by Crippen LogP contribution is 2.26. The molecular weight excluding hydrogens is 349 g/mol. The van der Waals surface area contributed by atoms with Crippen molar-refractivity contribution >= 4 is 39.2 Å². The monoisotopic (exact) mass is 359 g/mol. The first-order chi connectivity index (χ1) is 10.3. The number of primary sulfonamides is 1. The van der Waals surface area contributed by atoms with E-state index in [2.05, 4.69) is 0 Å². The Morgan fingerprint density at radius 3 is 2.32 bits per heavy atom. The summed E-state index contributed by atoms with van der Waals surface area (Å²) in [7, 11) is -3.80. The highest BCUT2D eigenvalue weighted by Gasteiger charge is 2.12. The molecule has 8 heteroatoms. The van der Waals surface area contributed by atoms with Crippen molar-refractivity contribution in [1.82, 2.24) is 0 Å². The third kappa shape index (κ3) is 3.98. The lowest BCUT2D eigenvalue weighted by Crippen LogP contribution is -2.12. The lowest BCUT2D eigenvalue weighted by molar-refractivity contribution is 0.0473. The van der Waals surface area contributed by atoms with E-state index in [9.17, 15) is 13.2 Å². The Labute approximate surface area is 137 Å². The minimum absolute atomic E-state index is 0.0465. The maximum atomic E-state index is 11.9. The summed E-state index contributed by atoms with van der Waals surface area (Å²) in [6, 6.07) is 10.1. The van der Waals surface area contributed by atoms with Gasteiger partial charge in [0.25, 0.3) is 0 Å². The molecule has 0 heterocycles. The highest BCUT2D eigenvalue weighted by molar-refractivity contribution is 7.89. The number of carbonyl (C=O) groups excluding carboxylic acids is 1. The van der Waals surface area contributed by atoms with Crippen LogP contribution in [0, 0.1) is 0 Å². The number of nitrogens with two attached hydrogens (primary N) is 1. The van der Waals surface area contributed by atoms with Gasteiger partial charge in [0.2, 0.25) is 10.0 Å². The zero-order valence-corrected chi connectivity index (χ0v) is 13.5. The summed E-state index contributed by atoms with van der Waals surface area (Å²) in [5.41, 5.74) is 0.772. The van der Waals surface area contributed by atoms with Crippen LogP contribution < -0.4 is 5.14 Å². The predicted octanol–water partition coefficient (Wildman–Crippen LogP) is 3.00. The van der Waals surface area contributed by atoms with Crippen LogP contribution in [-0.2, 0) is 21.4 Å². The Bertz CT molecular complexity index is 804. The summed E-state index contributed by atoms with van der Waals surface area (Å²) < 4.78 is 27.4. The number of halogens is 2. The second-order valence-corrected chi connectivity index (χ2v) is 6.71. The van der Waals surface area contributed by atoms with Gasteiger partial charge in [0.15, 0.2) is 0 Å². The molecular formula is C14H11Cl2NO4S. The van der Waals surface area contributed by atoms with Gasteiger partial charge in [0.05, 0.1) is 20.5 Å². The SMILES string of the molecule is NS(=O)(=O)c1ccc(C(=O)OCc2cccc(Cl)c2Cl)cc1. The fraction of sp³-hybridized carbons (Fsp3) is 0.0714. The van der Waals surface area contributed by atoms with Crippen molar-refractivity contribution in [3.63, 3.8) is 0 Å². The van der Waals surface area contributed by atoms with E-state index in [0.29, 0.717) is 15.6 Å². The van der Waals surface area contributed by atoms with E-state index in [0.717, 1.165) is 0 Å². The first kappa shape index (κ1) is 16.8. The van der Waals surface area contributed by atoms with Crippen molar-refractivity contribution in [1.29, 1.82) is 0 Å². The zero-order valence-electron chi connectivity index (χ0n) is 11.1. The standard InChI is InChI=1S/C14H11Cl2NO4S/c15-12-3-1-2-10(13(12)16)8-21-14(18)9-4-6-11(7-5-9)22(17,19)20/h1-7H,8H2,(H2,17,19,20). The second-order valence-electron chi connectivity index (χ2n) is 4.36. The summed E-state index contributed by atoms with van der Waals surface area (Å²) in [6.07, 6.45) is 0. The summed E-state index contributed by atoms with van der Waals surface area (Å²) in [5.74, 6) is -0.614. The van der Waals surface area contributed by atoms with Crippen LogP contribution in [0.1, 0.15) is 15.9 Å². The van der Waals surface area contributed by atoms with E-state index in [-0.39, 0.29) is 17.1 Å². The summed E-state index contributed by atoms with van der Waals surface area (Å²) in [6.45, 7) is -0.0465. The molecule has 0 unspecified atom stereocenters. The number of benzene rings is 2. The molecule has 0 bridgehead atoms. The topological polar surface area (TPSA) is 86.5 Å². The molecule has 0 atom stereocenters. The fourth-order valence-electron chi connectivity index (χ4n) is 1.67. The van der Waals surface area contributed by atoms with Crippen LogP contribution in [0.4, 0.5) is 0 Å². The van der Waals surface area contributed by atoms with Crippen LogP contribution in [0.5, 0.6) is 0 Å². The van der Waals surface area contributed by atoms with E-state index < -0.39 is 16.0 Å². The number of hydrogen-bond acceptors (Lipinski definition) is 4. The van der Waals surface area contributed by atoms with Gasteiger partial charge >= 0.3 is 5.97 Å². The molecule has 0 aliphatic heterocycles. The Balaban J connectivity index is 2.08. The minimum Gasteiger partial charge on any atom is -0.457 e. The number of hydrogen-bond donors (Lipinski definition) is 1. The van der Waals surface area contributed by atoms with E-state index >= 15 is 0 Å². The first-order valence-corrected chi connectivity index (χ1v) is 8.32. The number of sulfonamides is 1. The van der Waals surface area contributed by atoms with Crippen LogP contribution in [0.25, 0.3) is 0 Å². The van der Waals surface area contributed by atoms with Gasteiger partial charge in [-0.2, -0.15) is 0 Å². The summed E-state index contributed by atoms with van der Waals surface area (Å²) >= 11 is 11.9. The molecule has 0 spiro atoms. The molecule has 0 amide bonds. The van der Waals surface area contributed by atoms with Gasteiger partial charge in [0.1, 0.15) is 6.61 Å². The summed E-state index contributed by atoms with van der Waals surface area (Å²) in [5, 5.41) is 5.67. The van der Waals surface area contributed by atoms with Crippen LogP contribution >= 0.6 is 23.2 Å². The normalized spacial score (nSPS) is 11.2. The molecule has 2 aromatic rings. The molecule has 0 saturated heterocycles. The molecule has 0 radical (unpaired) electrons. The van der Waals surface area contributed by atoms with Gasteiger partial charge in [0, 0.05) is 5.56 Å². The van der Waals surface area contributed by atoms with Crippen LogP contribution in [0.15, 0.2) is 47.4 Å². The van der Waals surface area contributed by atoms with Gasteiger partial charge in [-0.3, -0.25) is 0 Å². The van der Waals surface area contributed by atoms with Crippen molar-refractivity contribution in [3.8, 4) is 0 Å². The fourth-order valence-corrected chi connectivity index (χ4v) is 2.56. The average Bonchev–Trinajstić information content (AvgIpc) is 2.48. The molecule has 22 heavy (non-hydrogen) atoms. The molecule has 0 aromatic heterocycles. The molecule has 5 nitrogen and oxygen atoms in total. The second kappa shape index (κ2) is 6.66. The molecule has 0 saturated carbocycles. The van der Waals surface area contributed by atoms with Crippen molar-refractivity contribution in [2.45, 2.75) is 11.5 Å². The van der Waals surface area contributed by atoms with Gasteiger partial charge < -0.3 is 4.74 Å². The largest absolute Gasteiger partial charge is 0.457 e. The maximum Gasteiger partial charge on any atom is 0.338 e. The van der Waals surface area contributed by atoms with Crippen molar-refractivity contribution in [3.05, 3.63) is 63.6 Å². The molecule has 0 fully saturated rings. The van der Waals surface area contributed by atoms with Crippen molar-refractivity contribution in [2.24, 2.45) is 5.14 Å². The third-order valence-electron chi connectivity index (χ3n) is 2.81. The number of carbonyl (C=O) groups is 1. The van der Waals surface area contributed by atoms with Crippen LogP contribution in [0.3, 0.4) is 0 Å². The van der Waals surface area contributed by atoms with Gasteiger partial charge in [-0.25, -0.2) is 18.4 Å². The molecule has 0 aliphatic rings. The van der Waals surface area contributed by atoms with E-state index in [1.807, 2.05) is 0 Å². The zero-order chi connectivity index (χ0) is 16.3. The Kier molecular flexibility index (Phi) is 5.08. The Morgan fingerprint density at radius 1 is 1.09 bits per heavy atom. The molecule has 2 N–H and O–H groups in total. The van der Waals surface area contributed by atoms with Crippen LogP contribution in [-0.4, -0.2) is 14.4 Å². The number of esters is 1. The molecule has 2 rings (SSSR count). The Morgan fingerprint density at radius 2 is 1.73 bits per heavy atom. The third-order valence-corrected chi connectivity index (χ3v) is 4.60. The lowest BCUT2D eigenvalue weighted by Gasteiger charge is -2.08. The van der Waals surface area contributed by atoms with Gasteiger partial charge in [-0.05, 0) is 30.3 Å². The molecule has 2 aromatic carbocycles. The summed E-state index contributed by atoms with van der Waals surface area (Å²) in [4.78, 5) is 11.8. The number of rotatable bonds is 4. The Hall–Kier alpha value is -1.60. The quantitative estimate of drug-likeness (QED) is 0.850. The van der Waals surface area contributed by atoms with E-state index in [4.69, 9.17) is 33.1 Å². The van der Waals surface area contributed by atoms with Crippen molar-refractivity contribution in [2.75, 3.05) is 0 Å². The maximum absolute atomic E-state index is 11.9. The average molecular weight is 360 g/mol. The number of ether oxygens (including phenoxy) is 1. The van der Waals surface area contributed by atoms with Crippen molar-refractivity contribution < 1.29 is 17.9 Å². The van der Waals surface area contributed by atoms with E-state index in [1.165, 1.54) is 24.3 Å². The lowest BCUT2D eigenvalue weighted by atomic mass is 10.2. The van der Waals surface area contributed by atoms with Gasteiger partial charge in [-0.15, -0.1) is 0 Å². The highest BCUT2D eigenvalue weighted by atomic mass is 35.5. The first-order valence-electron chi connectivity index (χ1n) is 6.02. The molecule has 0 aliphatic carbocycles. The van der Waals surface area contributed by atoms with Gasteiger partial charge in [-0.1, -0.05) is 35.3 Å². The predicted molar refractivity (Wildman–Crippen MR) is 83.4 cm³/mol. The molecule has 116 valence electrons. The van der Waals surface area contributed by atoms with Crippen LogP contribution in [0.2, 0.25) is 10.0 Å². The minimum atomic E-state index is -3.80. The van der Waals surface area contributed by atoms with E-state index in [1.54, 1.807) is 18.2 Å².